The molecular formula is C3H4BrFO2. The summed E-state index contributed by atoms with van der Waals surface area (Å²) in [6.07, 6.45) is -1.72. The van der Waals surface area contributed by atoms with Crippen molar-refractivity contribution in [3.63, 3.8) is 0 Å². The third kappa shape index (κ3) is 5.88. The lowest BCUT2D eigenvalue weighted by molar-refractivity contribution is 0.127. The van der Waals surface area contributed by atoms with Crippen molar-refractivity contribution in [2.75, 3.05) is 11.9 Å². The molecule has 0 aromatic rings. The molecule has 0 aromatic carbocycles. The van der Waals surface area contributed by atoms with Crippen molar-refractivity contribution >= 4 is 22.2 Å². The summed E-state index contributed by atoms with van der Waals surface area (Å²) in [6.45, 7) is 0.0926. The first-order chi connectivity index (χ1) is 3.27. The molecule has 0 spiro atoms. The Balaban J connectivity index is 2.82. The predicted octanol–water partition coefficient (Wildman–Crippen LogP) is 1.49. The first-order valence-corrected chi connectivity index (χ1v) is 2.77. The van der Waals surface area contributed by atoms with Gasteiger partial charge in [0.05, 0.1) is 0 Å². The lowest BCUT2D eigenvalue weighted by Crippen LogP contribution is -1.96. The van der Waals surface area contributed by atoms with Crippen LogP contribution in [0.15, 0.2) is 0 Å². The molecule has 0 aromatic heterocycles. The average Bonchev–Trinajstić information content (AvgIpc) is 1.61. The predicted molar refractivity (Wildman–Crippen MR) is 26.2 cm³/mol. The number of hydrogen-bond donors (Lipinski definition) is 0. The van der Waals surface area contributed by atoms with Crippen LogP contribution in [0, 0.1) is 0 Å². The smallest absolute Gasteiger partial charge is 0.439 e. The molecule has 0 aliphatic carbocycles. The number of alkyl halides is 1. The molecule has 0 rings (SSSR count). The van der Waals surface area contributed by atoms with Crippen LogP contribution in [0.4, 0.5) is 9.18 Å². The quantitative estimate of drug-likeness (QED) is 0.464. The maximum Gasteiger partial charge on any atom is 0.495 e. The molecule has 0 atom stereocenters. The SMILES string of the molecule is O=C(F)OCCBr. The van der Waals surface area contributed by atoms with Gasteiger partial charge in [0, 0.05) is 5.33 Å². The minimum atomic E-state index is -1.72. The summed E-state index contributed by atoms with van der Waals surface area (Å²) in [5, 5.41) is 0.475. The molecule has 0 aliphatic rings. The summed E-state index contributed by atoms with van der Waals surface area (Å²) in [6, 6.07) is 0. The van der Waals surface area contributed by atoms with Crippen LogP contribution < -0.4 is 0 Å². The Hall–Kier alpha value is -0.120. The van der Waals surface area contributed by atoms with Gasteiger partial charge in [-0.3, -0.25) is 0 Å². The molecule has 2 nitrogen and oxygen atoms in total. The Bertz CT molecular complexity index is 66.0. The first kappa shape index (κ1) is 6.88. The molecule has 0 saturated heterocycles. The van der Waals surface area contributed by atoms with E-state index in [1.54, 1.807) is 0 Å². The van der Waals surface area contributed by atoms with Crippen molar-refractivity contribution < 1.29 is 13.9 Å². The minimum absolute atomic E-state index is 0.0926. The monoisotopic (exact) mass is 170 g/mol. The summed E-state index contributed by atoms with van der Waals surface area (Å²) >= 11 is 2.93. The summed E-state index contributed by atoms with van der Waals surface area (Å²) in [5.74, 6) is 0. The standard InChI is InChI=1S/C3H4BrFO2/c4-1-2-7-3(5)6/h1-2H2. The molecule has 42 valence electrons. The van der Waals surface area contributed by atoms with Crippen LogP contribution in [-0.2, 0) is 4.74 Å². The van der Waals surface area contributed by atoms with Crippen LogP contribution in [0.1, 0.15) is 0 Å². The molecule has 0 aliphatic heterocycles. The van der Waals surface area contributed by atoms with Crippen LogP contribution in [0.2, 0.25) is 0 Å². The second kappa shape index (κ2) is 4.05. The number of rotatable bonds is 2. The number of carbonyl (C=O) groups is 1. The molecule has 7 heavy (non-hydrogen) atoms. The van der Waals surface area contributed by atoms with E-state index in [4.69, 9.17) is 0 Å². The summed E-state index contributed by atoms with van der Waals surface area (Å²) in [7, 11) is 0. The van der Waals surface area contributed by atoms with Crippen molar-refractivity contribution in [2.45, 2.75) is 0 Å². The summed E-state index contributed by atoms with van der Waals surface area (Å²) < 4.78 is 14.8. The van der Waals surface area contributed by atoms with Gasteiger partial charge >= 0.3 is 6.22 Å². The van der Waals surface area contributed by atoms with Gasteiger partial charge in [0.15, 0.2) is 0 Å². The van der Waals surface area contributed by atoms with Gasteiger partial charge in [-0.2, -0.15) is 0 Å². The van der Waals surface area contributed by atoms with Gasteiger partial charge in [-0.1, -0.05) is 15.9 Å². The molecule has 4 heteroatoms. The number of halogens is 2. The zero-order chi connectivity index (χ0) is 5.70. The van der Waals surface area contributed by atoms with E-state index >= 15 is 0 Å². The summed E-state index contributed by atoms with van der Waals surface area (Å²) in [4.78, 5) is 9.29. The van der Waals surface area contributed by atoms with Crippen molar-refractivity contribution in [3.8, 4) is 0 Å². The van der Waals surface area contributed by atoms with Gasteiger partial charge in [0.25, 0.3) is 0 Å². The van der Waals surface area contributed by atoms with Crippen LogP contribution in [0.25, 0.3) is 0 Å². The molecule has 0 unspecified atom stereocenters. The van der Waals surface area contributed by atoms with E-state index in [0.717, 1.165) is 0 Å². The van der Waals surface area contributed by atoms with Gasteiger partial charge in [-0.05, 0) is 0 Å². The number of hydrogen-bond acceptors (Lipinski definition) is 2. The highest BCUT2D eigenvalue weighted by molar-refractivity contribution is 9.09. The highest BCUT2D eigenvalue weighted by Gasteiger charge is 1.92. The van der Waals surface area contributed by atoms with E-state index in [1.807, 2.05) is 0 Å². The van der Waals surface area contributed by atoms with E-state index in [2.05, 4.69) is 20.7 Å². The molecule has 0 N–H and O–H groups in total. The van der Waals surface area contributed by atoms with Gasteiger partial charge in [-0.15, -0.1) is 4.39 Å². The molecule has 0 heterocycles. The Morgan fingerprint density at radius 1 is 1.86 bits per heavy atom. The molecule has 0 saturated carbocycles. The van der Waals surface area contributed by atoms with Gasteiger partial charge in [0.1, 0.15) is 6.61 Å². The van der Waals surface area contributed by atoms with Crippen LogP contribution in [0.5, 0.6) is 0 Å². The molecular weight excluding hydrogens is 167 g/mol. The van der Waals surface area contributed by atoms with E-state index in [9.17, 15) is 9.18 Å². The number of ether oxygens (including phenoxy) is 1. The Morgan fingerprint density at radius 3 is 2.57 bits per heavy atom. The summed E-state index contributed by atoms with van der Waals surface area (Å²) in [5.41, 5.74) is 0. The Labute approximate surface area is 48.8 Å². The normalized spacial score (nSPS) is 8.29. The maximum absolute atomic E-state index is 11.0. The van der Waals surface area contributed by atoms with Crippen molar-refractivity contribution in [3.05, 3.63) is 0 Å². The Morgan fingerprint density at radius 2 is 2.43 bits per heavy atom. The third-order valence-electron chi connectivity index (χ3n) is 0.293. The molecule has 0 radical (unpaired) electrons. The third-order valence-corrected chi connectivity index (χ3v) is 0.616. The fourth-order valence-corrected chi connectivity index (χ4v) is 0.281. The van der Waals surface area contributed by atoms with Crippen molar-refractivity contribution in [2.24, 2.45) is 0 Å². The van der Waals surface area contributed by atoms with E-state index < -0.39 is 6.22 Å². The lowest BCUT2D eigenvalue weighted by atomic mass is 10.9. The fraction of sp³-hybridized carbons (Fsp3) is 0.667. The molecule has 0 bridgehead atoms. The minimum Gasteiger partial charge on any atom is -0.439 e. The van der Waals surface area contributed by atoms with Crippen LogP contribution >= 0.6 is 15.9 Å². The van der Waals surface area contributed by atoms with E-state index in [-0.39, 0.29) is 6.61 Å². The van der Waals surface area contributed by atoms with Crippen LogP contribution in [0.3, 0.4) is 0 Å². The average molecular weight is 171 g/mol. The maximum atomic E-state index is 11.0. The lowest BCUT2D eigenvalue weighted by Gasteiger charge is -1.89. The van der Waals surface area contributed by atoms with Gasteiger partial charge in [-0.25, -0.2) is 4.79 Å². The molecule has 0 fully saturated rings. The van der Waals surface area contributed by atoms with Crippen molar-refractivity contribution in [1.82, 2.24) is 0 Å². The zero-order valence-electron chi connectivity index (χ0n) is 3.49. The zero-order valence-corrected chi connectivity index (χ0v) is 5.07. The highest BCUT2D eigenvalue weighted by atomic mass is 79.9. The van der Waals surface area contributed by atoms with Crippen LogP contribution in [-0.4, -0.2) is 18.2 Å². The topological polar surface area (TPSA) is 26.3 Å². The molecule has 0 amide bonds. The van der Waals surface area contributed by atoms with E-state index in [0.29, 0.717) is 5.33 Å². The Kier molecular flexibility index (Phi) is 3.98. The van der Waals surface area contributed by atoms with Gasteiger partial charge < -0.3 is 4.74 Å². The van der Waals surface area contributed by atoms with Crippen molar-refractivity contribution in [1.29, 1.82) is 0 Å². The van der Waals surface area contributed by atoms with Gasteiger partial charge in [0.2, 0.25) is 0 Å². The fourth-order valence-electron chi connectivity index (χ4n) is 0.119. The largest absolute Gasteiger partial charge is 0.495 e. The number of carbonyl (C=O) groups excluding carboxylic acids is 1. The second-order valence-electron chi connectivity index (χ2n) is 0.775. The van der Waals surface area contributed by atoms with E-state index in [1.165, 1.54) is 0 Å². The first-order valence-electron chi connectivity index (χ1n) is 1.65. The highest BCUT2D eigenvalue weighted by Crippen LogP contribution is 1.84. The second-order valence-corrected chi connectivity index (χ2v) is 1.57.